The lowest BCUT2D eigenvalue weighted by Crippen LogP contribution is -2.47. The molecule has 0 saturated carbocycles. The Labute approximate surface area is 242 Å². The predicted molar refractivity (Wildman–Crippen MR) is 139 cm³/mol. The molecule has 43 heavy (non-hydrogen) atoms. The van der Waals surface area contributed by atoms with Gasteiger partial charge in [-0.15, -0.1) is 5.10 Å². The van der Waals surface area contributed by atoms with Crippen LogP contribution in [0.1, 0.15) is 42.3 Å². The fourth-order valence-corrected chi connectivity index (χ4v) is 5.10. The molecule has 16 nitrogen and oxygen atoms in total. The molecule has 3 aromatic rings. The zero-order valence-electron chi connectivity index (χ0n) is 23.1. The van der Waals surface area contributed by atoms with Gasteiger partial charge in [0.1, 0.15) is 17.7 Å². The highest BCUT2D eigenvalue weighted by Gasteiger charge is 2.41. The van der Waals surface area contributed by atoms with Crippen LogP contribution in [-0.4, -0.2) is 97.3 Å². The Balaban J connectivity index is 0.000000277. The van der Waals surface area contributed by atoms with Crippen molar-refractivity contribution in [1.29, 1.82) is 0 Å². The molecule has 2 aromatic heterocycles. The van der Waals surface area contributed by atoms with Gasteiger partial charge in [-0.25, -0.2) is 23.2 Å². The van der Waals surface area contributed by atoms with E-state index in [1.54, 1.807) is 11.7 Å². The van der Waals surface area contributed by atoms with Gasteiger partial charge in [0.05, 0.1) is 30.8 Å². The summed E-state index contributed by atoms with van der Waals surface area (Å²) in [7, 11) is 3.73. The second-order valence-corrected chi connectivity index (χ2v) is 10.4. The SMILES string of the molecule is Cn1nnnc1-c1nc2c(n1C)CN([C@H]1CO[C@H](c3cc(F)ccc3F)[C@@H](N)C1)C2.O=C(O)CC(O)(CC(=O)O)C(=O)O. The summed E-state index contributed by atoms with van der Waals surface area (Å²) in [5.74, 6) is -4.68. The number of ether oxygens (including phenoxy) is 1. The van der Waals surface area contributed by atoms with Crippen molar-refractivity contribution >= 4 is 17.9 Å². The molecule has 0 bridgehead atoms. The topological polar surface area (TPSA) is 232 Å². The number of carbonyl (C=O) groups is 3. The molecule has 6 N–H and O–H groups in total. The van der Waals surface area contributed by atoms with Gasteiger partial charge in [-0.2, -0.15) is 0 Å². The van der Waals surface area contributed by atoms with Gasteiger partial charge >= 0.3 is 17.9 Å². The smallest absolute Gasteiger partial charge is 0.336 e. The number of fused-ring (bicyclic) bond motifs is 1. The largest absolute Gasteiger partial charge is 0.481 e. The second-order valence-electron chi connectivity index (χ2n) is 10.4. The summed E-state index contributed by atoms with van der Waals surface area (Å²) in [5, 5.41) is 45.4. The van der Waals surface area contributed by atoms with Gasteiger partial charge in [0.15, 0.2) is 11.4 Å². The van der Waals surface area contributed by atoms with Gasteiger partial charge in [0.25, 0.3) is 0 Å². The fraction of sp³-hybridized carbons (Fsp3) is 0.480. The van der Waals surface area contributed by atoms with Gasteiger partial charge < -0.3 is 35.5 Å². The molecular weight excluding hydrogens is 578 g/mol. The molecule has 1 saturated heterocycles. The average Bonchev–Trinajstić information content (AvgIpc) is 3.60. The number of nitrogens with zero attached hydrogens (tertiary/aromatic N) is 7. The highest BCUT2D eigenvalue weighted by atomic mass is 19.1. The Bertz CT molecular complexity index is 1510. The van der Waals surface area contributed by atoms with Gasteiger partial charge in [-0.05, 0) is 35.0 Å². The number of aliphatic hydroxyl groups is 1. The molecule has 1 fully saturated rings. The molecule has 3 atom stereocenters. The normalized spacial score (nSPS) is 20.3. The van der Waals surface area contributed by atoms with E-state index in [0.717, 1.165) is 29.3 Å². The average molecular weight is 609 g/mol. The van der Waals surface area contributed by atoms with E-state index in [4.69, 9.17) is 35.9 Å². The van der Waals surface area contributed by atoms with Crippen LogP contribution in [0.3, 0.4) is 0 Å². The zero-order valence-corrected chi connectivity index (χ0v) is 23.1. The van der Waals surface area contributed by atoms with Crippen molar-refractivity contribution in [3.05, 3.63) is 46.8 Å². The minimum absolute atomic E-state index is 0.0713. The van der Waals surface area contributed by atoms with E-state index in [0.29, 0.717) is 31.9 Å². The van der Waals surface area contributed by atoms with E-state index >= 15 is 0 Å². The highest BCUT2D eigenvalue weighted by molar-refractivity contribution is 5.88. The number of rotatable bonds is 8. The number of carboxylic acid groups (broad SMARTS) is 3. The summed E-state index contributed by atoms with van der Waals surface area (Å²) in [5.41, 5.74) is 5.82. The quantitative estimate of drug-likeness (QED) is 0.223. The first-order valence-electron chi connectivity index (χ1n) is 12.9. The molecule has 1 aromatic carbocycles. The van der Waals surface area contributed by atoms with E-state index in [2.05, 4.69) is 20.4 Å². The number of tetrazole rings is 1. The van der Waals surface area contributed by atoms with Gasteiger partial charge in [-0.1, -0.05) is 0 Å². The number of aliphatic carboxylic acids is 3. The summed E-state index contributed by atoms with van der Waals surface area (Å²) < 4.78 is 37.2. The van der Waals surface area contributed by atoms with Crippen molar-refractivity contribution in [2.24, 2.45) is 19.8 Å². The predicted octanol–water partition coefficient (Wildman–Crippen LogP) is -0.187. The van der Waals surface area contributed by atoms with Crippen LogP contribution >= 0.6 is 0 Å². The van der Waals surface area contributed by atoms with Crippen molar-refractivity contribution < 1.29 is 48.3 Å². The molecule has 2 aliphatic rings. The Kier molecular flexibility index (Phi) is 9.14. The van der Waals surface area contributed by atoms with Crippen LogP contribution in [0.5, 0.6) is 0 Å². The first-order valence-corrected chi connectivity index (χ1v) is 12.9. The number of imidazole rings is 1. The maximum Gasteiger partial charge on any atom is 0.336 e. The number of carboxylic acids is 3. The van der Waals surface area contributed by atoms with E-state index in [1.165, 1.54) is 6.07 Å². The monoisotopic (exact) mass is 608 g/mol. The van der Waals surface area contributed by atoms with E-state index < -0.39 is 60.1 Å². The second kappa shape index (κ2) is 12.5. The minimum Gasteiger partial charge on any atom is -0.481 e. The van der Waals surface area contributed by atoms with Gasteiger partial charge in [-0.3, -0.25) is 14.5 Å². The van der Waals surface area contributed by atoms with Gasteiger partial charge in [0, 0.05) is 44.8 Å². The molecule has 0 amide bonds. The van der Waals surface area contributed by atoms with E-state index in [1.807, 2.05) is 11.6 Å². The van der Waals surface area contributed by atoms with Crippen molar-refractivity contribution in [2.75, 3.05) is 6.61 Å². The molecule has 0 spiro atoms. The first kappa shape index (κ1) is 31.5. The highest BCUT2D eigenvalue weighted by Crippen LogP contribution is 2.35. The lowest BCUT2D eigenvalue weighted by molar-refractivity contribution is -0.170. The number of hydrogen-bond donors (Lipinski definition) is 5. The lowest BCUT2D eigenvalue weighted by Gasteiger charge is -2.38. The molecule has 0 radical (unpaired) electrons. The van der Waals surface area contributed by atoms with Crippen LogP contribution < -0.4 is 5.73 Å². The van der Waals surface area contributed by atoms with Crippen LogP contribution in [0.25, 0.3) is 11.6 Å². The van der Waals surface area contributed by atoms with Crippen LogP contribution in [0.15, 0.2) is 18.2 Å². The Hall–Kier alpha value is -4.39. The summed E-state index contributed by atoms with van der Waals surface area (Å²) in [6, 6.07) is 3.01. The Morgan fingerprint density at radius 2 is 1.77 bits per heavy atom. The van der Waals surface area contributed by atoms with Crippen LogP contribution in [0.4, 0.5) is 8.78 Å². The molecule has 232 valence electrons. The standard InChI is InChI=1S/C19H22F2N8O.C6H8O7/c1-27-16-8-29(7-15(16)23-18(27)19-24-25-26-28(19)2)11-6-14(22)17(30-9-11)12-5-10(20)3-4-13(12)21;7-3(8)1-6(13,5(11)12)2-4(9)10/h3-5,11,14,17H,6-9,22H2,1-2H3;13H,1-2H2,(H,7,8)(H,9,10)(H,11,12)/t11-,14+,17-;/m1./s1. The van der Waals surface area contributed by atoms with Crippen LogP contribution in [-0.2, 0) is 46.3 Å². The third-order valence-corrected chi connectivity index (χ3v) is 7.29. The maximum absolute atomic E-state index is 14.2. The maximum atomic E-state index is 14.2. The third kappa shape index (κ3) is 6.82. The first-order chi connectivity index (χ1) is 20.2. The molecular formula is C25H30F2N8O8. The van der Waals surface area contributed by atoms with Crippen LogP contribution in [0.2, 0.25) is 0 Å². The van der Waals surface area contributed by atoms with E-state index in [-0.39, 0.29) is 11.6 Å². The van der Waals surface area contributed by atoms with E-state index in [9.17, 15) is 23.2 Å². The molecule has 5 rings (SSSR count). The number of aryl methyl sites for hydroxylation is 1. The minimum atomic E-state index is -2.74. The summed E-state index contributed by atoms with van der Waals surface area (Å²) in [6.07, 6.45) is -2.33. The van der Waals surface area contributed by atoms with Gasteiger partial charge in [0.2, 0.25) is 5.82 Å². The number of halogens is 2. The Morgan fingerprint density at radius 1 is 1.09 bits per heavy atom. The number of benzene rings is 1. The number of hydrogen-bond acceptors (Lipinski definition) is 11. The third-order valence-electron chi connectivity index (χ3n) is 7.29. The number of aromatic nitrogens is 6. The van der Waals surface area contributed by atoms with Crippen molar-refractivity contribution in [3.63, 3.8) is 0 Å². The Morgan fingerprint density at radius 3 is 2.30 bits per heavy atom. The summed E-state index contributed by atoms with van der Waals surface area (Å²) in [4.78, 5) is 37.5. The van der Waals surface area contributed by atoms with Crippen molar-refractivity contribution in [2.45, 2.75) is 56.1 Å². The summed E-state index contributed by atoms with van der Waals surface area (Å²) in [6.45, 7) is 1.75. The van der Waals surface area contributed by atoms with Crippen LogP contribution in [0, 0.1) is 11.6 Å². The molecule has 0 unspecified atom stereocenters. The van der Waals surface area contributed by atoms with Crippen molar-refractivity contribution in [1.82, 2.24) is 34.7 Å². The molecule has 0 aliphatic carbocycles. The lowest BCUT2D eigenvalue weighted by atomic mass is 9.93. The number of nitrogens with two attached hydrogens (primary N) is 1. The zero-order chi connectivity index (χ0) is 31.6. The van der Waals surface area contributed by atoms with Crippen molar-refractivity contribution in [3.8, 4) is 11.6 Å². The molecule has 18 heteroatoms. The molecule has 4 heterocycles. The molecule has 2 aliphatic heterocycles. The fourth-order valence-electron chi connectivity index (χ4n) is 5.10. The summed E-state index contributed by atoms with van der Waals surface area (Å²) >= 11 is 0.